The van der Waals surface area contributed by atoms with Crippen LogP contribution in [0.25, 0.3) is 0 Å². The third-order valence-electron chi connectivity index (χ3n) is 4.49. The lowest BCUT2D eigenvalue weighted by Crippen LogP contribution is -2.41. The van der Waals surface area contributed by atoms with Gasteiger partial charge in [0.1, 0.15) is 5.75 Å². The van der Waals surface area contributed by atoms with E-state index in [2.05, 4.69) is 11.0 Å². The molecule has 2 atom stereocenters. The van der Waals surface area contributed by atoms with Crippen molar-refractivity contribution in [2.45, 2.75) is 32.1 Å². The van der Waals surface area contributed by atoms with Crippen LogP contribution in [0.3, 0.4) is 0 Å². The minimum absolute atomic E-state index is 0.383. The predicted octanol–water partition coefficient (Wildman–Crippen LogP) is 3.41. The van der Waals surface area contributed by atoms with E-state index in [-0.39, 0.29) is 0 Å². The third kappa shape index (κ3) is 2.26. The molecule has 3 rings (SSSR count). The minimum atomic E-state index is 0.383. The molecule has 2 unspecified atom stereocenters. The molecule has 0 aromatic heterocycles. The number of phenols is 1. The molecule has 17 heavy (non-hydrogen) atoms. The average molecular weight is 231 g/mol. The first kappa shape index (κ1) is 10.9. The van der Waals surface area contributed by atoms with Crippen molar-refractivity contribution in [3.63, 3.8) is 0 Å². The van der Waals surface area contributed by atoms with Gasteiger partial charge in [-0.25, -0.2) is 0 Å². The van der Waals surface area contributed by atoms with Crippen LogP contribution in [0.1, 0.15) is 32.1 Å². The monoisotopic (exact) mass is 231 g/mol. The molecule has 2 aliphatic rings. The molecule has 1 aromatic rings. The van der Waals surface area contributed by atoms with E-state index in [1.165, 1.54) is 44.3 Å². The normalized spacial score (nSPS) is 28.8. The Labute approximate surface area is 103 Å². The van der Waals surface area contributed by atoms with Crippen LogP contribution in [0.5, 0.6) is 5.75 Å². The van der Waals surface area contributed by atoms with Crippen LogP contribution in [0.4, 0.5) is 5.69 Å². The lowest BCUT2D eigenvalue weighted by molar-refractivity contribution is 0.202. The number of nitrogens with zero attached hydrogens (tertiary/aromatic N) is 1. The summed E-state index contributed by atoms with van der Waals surface area (Å²) in [5.41, 5.74) is 1.19. The fourth-order valence-corrected chi connectivity index (χ4v) is 3.53. The summed E-state index contributed by atoms with van der Waals surface area (Å²) in [4.78, 5) is 2.45. The van der Waals surface area contributed by atoms with E-state index in [4.69, 9.17) is 0 Å². The fourth-order valence-electron chi connectivity index (χ4n) is 3.53. The number of anilines is 1. The molecule has 0 spiro atoms. The molecule has 2 nitrogen and oxygen atoms in total. The van der Waals surface area contributed by atoms with Gasteiger partial charge in [0.25, 0.3) is 0 Å². The molecular weight excluding hydrogens is 210 g/mol. The molecule has 1 saturated carbocycles. The van der Waals surface area contributed by atoms with E-state index in [1.54, 1.807) is 6.07 Å². The van der Waals surface area contributed by atoms with Crippen molar-refractivity contribution >= 4 is 5.69 Å². The summed E-state index contributed by atoms with van der Waals surface area (Å²) >= 11 is 0. The van der Waals surface area contributed by atoms with Gasteiger partial charge in [0, 0.05) is 24.8 Å². The molecule has 1 N–H and O–H groups in total. The molecule has 1 aliphatic heterocycles. The maximum Gasteiger partial charge on any atom is 0.117 e. The van der Waals surface area contributed by atoms with Crippen molar-refractivity contribution in [1.29, 1.82) is 0 Å². The van der Waals surface area contributed by atoms with Crippen LogP contribution in [-0.4, -0.2) is 18.2 Å². The molecule has 0 bridgehead atoms. The summed E-state index contributed by atoms with van der Waals surface area (Å²) in [5.74, 6) is 2.24. The van der Waals surface area contributed by atoms with Crippen LogP contribution >= 0.6 is 0 Å². The molecule has 1 aliphatic carbocycles. The van der Waals surface area contributed by atoms with E-state index >= 15 is 0 Å². The van der Waals surface area contributed by atoms with E-state index in [0.717, 1.165) is 18.4 Å². The Bertz CT molecular complexity index is 390. The van der Waals surface area contributed by atoms with E-state index in [9.17, 15) is 5.11 Å². The number of hydrogen-bond acceptors (Lipinski definition) is 2. The Balaban J connectivity index is 1.73. The SMILES string of the molecule is Oc1cccc(N2CCC3CCCCC3C2)c1. The summed E-state index contributed by atoms with van der Waals surface area (Å²) < 4.78 is 0. The zero-order valence-electron chi connectivity index (χ0n) is 10.3. The van der Waals surface area contributed by atoms with Crippen molar-refractivity contribution in [1.82, 2.24) is 0 Å². The molecule has 0 radical (unpaired) electrons. The minimum Gasteiger partial charge on any atom is -0.508 e. The molecule has 2 heteroatoms. The Morgan fingerprint density at radius 1 is 1.06 bits per heavy atom. The van der Waals surface area contributed by atoms with Crippen molar-refractivity contribution in [3.8, 4) is 5.75 Å². The highest BCUT2D eigenvalue weighted by Gasteiger charge is 2.31. The van der Waals surface area contributed by atoms with Gasteiger partial charge in [0.2, 0.25) is 0 Å². The Morgan fingerprint density at radius 2 is 1.88 bits per heavy atom. The van der Waals surface area contributed by atoms with Crippen LogP contribution in [0.2, 0.25) is 0 Å². The second-order valence-electron chi connectivity index (χ2n) is 5.56. The van der Waals surface area contributed by atoms with Crippen LogP contribution in [-0.2, 0) is 0 Å². The zero-order chi connectivity index (χ0) is 11.7. The number of aromatic hydroxyl groups is 1. The topological polar surface area (TPSA) is 23.5 Å². The summed E-state index contributed by atoms with van der Waals surface area (Å²) in [5, 5.41) is 9.55. The average Bonchev–Trinajstić information content (AvgIpc) is 2.38. The lowest BCUT2D eigenvalue weighted by atomic mass is 9.75. The highest BCUT2D eigenvalue weighted by atomic mass is 16.3. The Morgan fingerprint density at radius 3 is 2.71 bits per heavy atom. The fraction of sp³-hybridized carbons (Fsp3) is 0.600. The molecule has 92 valence electrons. The molecule has 0 amide bonds. The molecule has 1 saturated heterocycles. The van der Waals surface area contributed by atoms with Crippen LogP contribution in [0.15, 0.2) is 24.3 Å². The first-order valence-electron chi connectivity index (χ1n) is 6.87. The van der Waals surface area contributed by atoms with Crippen molar-refractivity contribution in [2.75, 3.05) is 18.0 Å². The third-order valence-corrected chi connectivity index (χ3v) is 4.49. The standard InChI is InChI=1S/C15H21NO/c17-15-7-3-6-14(10-15)16-9-8-12-4-1-2-5-13(12)11-16/h3,6-7,10,12-13,17H,1-2,4-5,8-9,11H2. The van der Waals surface area contributed by atoms with Gasteiger partial charge in [-0.15, -0.1) is 0 Å². The number of rotatable bonds is 1. The van der Waals surface area contributed by atoms with Crippen molar-refractivity contribution in [2.24, 2.45) is 11.8 Å². The second kappa shape index (κ2) is 4.59. The summed E-state index contributed by atoms with van der Waals surface area (Å²) in [7, 11) is 0. The highest BCUT2D eigenvalue weighted by Crippen LogP contribution is 2.37. The van der Waals surface area contributed by atoms with Gasteiger partial charge < -0.3 is 10.0 Å². The van der Waals surface area contributed by atoms with Gasteiger partial charge in [-0.1, -0.05) is 25.3 Å². The number of fused-ring (bicyclic) bond motifs is 1. The van der Waals surface area contributed by atoms with Gasteiger partial charge in [0.05, 0.1) is 0 Å². The summed E-state index contributed by atoms with van der Waals surface area (Å²) in [6, 6.07) is 7.69. The predicted molar refractivity (Wildman–Crippen MR) is 70.4 cm³/mol. The molecular formula is C15H21NO. The van der Waals surface area contributed by atoms with E-state index < -0.39 is 0 Å². The summed E-state index contributed by atoms with van der Waals surface area (Å²) in [6.45, 7) is 2.35. The maximum absolute atomic E-state index is 9.55. The van der Waals surface area contributed by atoms with E-state index in [1.807, 2.05) is 12.1 Å². The maximum atomic E-state index is 9.55. The van der Waals surface area contributed by atoms with Crippen molar-refractivity contribution < 1.29 is 5.11 Å². The quantitative estimate of drug-likeness (QED) is 0.800. The van der Waals surface area contributed by atoms with Crippen LogP contribution < -0.4 is 4.90 Å². The molecule has 1 aromatic carbocycles. The zero-order valence-corrected chi connectivity index (χ0v) is 10.3. The number of hydrogen-bond donors (Lipinski definition) is 1. The van der Waals surface area contributed by atoms with Gasteiger partial charge >= 0.3 is 0 Å². The number of phenolic OH excluding ortho intramolecular Hbond substituents is 1. The first-order valence-corrected chi connectivity index (χ1v) is 6.87. The molecule has 2 fully saturated rings. The lowest BCUT2D eigenvalue weighted by Gasteiger charge is -2.42. The Kier molecular flexibility index (Phi) is 2.96. The van der Waals surface area contributed by atoms with Gasteiger partial charge in [-0.2, -0.15) is 0 Å². The highest BCUT2D eigenvalue weighted by molar-refractivity contribution is 5.50. The first-order chi connectivity index (χ1) is 8.33. The number of piperidine rings is 1. The molecule has 1 heterocycles. The van der Waals surface area contributed by atoms with Crippen molar-refractivity contribution in [3.05, 3.63) is 24.3 Å². The van der Waals surface area contributed by atoms with E-state index in [0.29, 0.717) is 5.75 Å². The number of benzene rings is 1. The second-order valence-corrected chi connectivity index (χ2v) is 5.56. The van der Waals surface area contributed by atoms with Gasteiger partial charge in [-0.05, 0) is 36.8 Å². The smallest absolute Gasteiger partial charge is 0.117 e. The van der Waals surface area contributed by atoms with Crippen LogP contribution in [0, 0.1) is 11.8 Å². The summed E-state index contributed by atoms with van der Waals surface area (Å²) in [6.07, 6.45) is 7.03. The van der Waals surface area contributed by atoms with Gasteiger partial charge in [-0.3, -0.25) is 0 Å². The largest absolute Gasteiger partial charge is 0.508 e. The Hall–Kier alpha value is -1.18. The van der Waals surface area contributed by atoms with Gasteiger partial charge in [0.15, 0.2) is 0 Å².